The largest absolute Gasteiger partial charge is 0.506 e. The molecule has 1 aromatic carbocycles. The van der Waals surface area contributed by atoms with Gasteiger partial charge >= 0.3 is 0 Å². The van der Waals surface area contributed by atoms with E-state index in [1.807, 2.05) is 13.8 Å². The molecule has 0 fully saturated rings. The Kier molecular flexibility index (Phi) is 4.32. The number of hydrogen-bond donors (Lipinski definition) is 3. The second-order valence-electron chi connectivity index (χ2n) is 3.92. The van der Waals surface area contributed by atoms with Crippen LogP contribution in [-0.2, 0) is 4.79 Å². The van der Waals surface area contributed by atoms with E-state index in [1.54, 1.807) is 12.1 Å². The van der Waals surface area contributed by atoms with E-state index >= 15 is 0 Å². The van der Waals surface area contributed by atoms with E-state index in [0.29, 0.717) is 5.69 Å². The number of halogens is 1. The molecular formula is C11H15BrN2O2. The Morgan fingerprint density at radius 1 is 1.50 bits per heavy atom. The number of aromatic hydroxyl groups is 1. The summed E-state index contributed by atoms with van der Waals surface area (Å²) in [5, 5.41) is 12.1. The maximum atomic E-state index is 11.7. The first-order valence-corrected chi connectivity index (χ1v) is 5.76. The molecule has 5 heteroatoms. The average Bonchev–Trinajstić information content (AvgIpc) is 2.22. The quantitative estimate of drug-likeness (QED) is 0.745. The Morgan fingerprint density at radius 3 is 2.69 bits per heavy atom. The van der Waals surface area contributed by atoms with Crippen LogP contribution >= 0.6 is 15.9 Å². The van der Waals surface area contributed by atoms with Gasteiger partial charge in [0.05, 0.1) is 11.7 Å². The highest BCUT2D eigenvalue weighted by Crippen LogP contribution is 2.26. The number of carbonyl (C=O) groups is 1. The Morgan fingerprint density at radius 2 is 2.12 bits per heavy atom. The molecule has 4 nitrogen and oxygen atoms in total. The lowest BCUT2D eigenvalue weighted by Gasteiger charge is -2.16. The maximum Gasteiger partial charge on any atom is 0.241 e. The summed E-state index contributed by atoms with van der Waals surface area (Å²) in [7, 11) is 0. The van der Waals surface area contributed by atoms with Gasteiger partial charge in [0.2, 0.25) is 5.91 Å². The van der Waals surface area contributed by atoms with Crippen molar-refractivity contribution in [2.45, 2.75) is 19.9 Å². The van der Waals surface area contributed by atoms with Crippen LogP contribution in [-0.4, -0.2) is 17.1 Å². The van der Waals surface area contributed by atoms with Gasteiger partial charge in [-0.3, -0.25) is 4.79 Å². The number of carbonyl (C=O) groups excluding carboxylic acids is 1. The predicted molar refractivity (Wildman–Crippen MR) is 67.2 cm³/mol. The van der Waals surface area contributed by atoms with Crippen LogP contribution in [0.4, 0.5) is 5.69 Å². The molecule has 0 aliphatic heterocycles. The molecule has 0 aliphatic carbocycles. The molecule has 1 aromatic rings. The molecule has 0 radical (unpaired) electrons. The van der Waals surface area contributed by atoms with Gasteiger partial charge in [0.15, 0.2) is 0 Å². The van der Waals surface area contributed by atoms with E-state index in [4.69, 9.17) is 5.73 Å². The van der Waals surface area contributed by atoms with Gasteiger partial charge in [-0.2, -0.15) is 0 Å². The van der Waals surface area contributed by atoms with Crippen molar-refractivity contribution in [1.29, 1.82) is 0 Å². The highest BCUT2D eigenvalue weighted by atomic mass is 79.9. The Hall–Kier alpha value is -1.07. The van der Waals surface area contributed by atoms with E-state index in [9.17, 15) is 9.90 Å². The normalized spacial score (nSPS) is 12.6. The first-order chi connectivity index (χ1) is 7.41. The lowest BCUT2D eigenvalue weighted by atomic mass is 10.0. The standard InChI is InChI=1S/C11H15BrN2O2/c1-6(2)10(13)11(16)14-8-5-7(12)3-4-9(8)15/h3-6,10,15H,13H2,1-2H3,(H,14,16)/t10-/m0/s1. The van der Waals surface area contributed by atoms with Gasteiger partial charge < -0.3 is 16.2 Å². The van der Waals surface area contributed by atoms with Crippen LogP contribution in [0.5, 0.6) is 5.75 Å². The fraction of sp³-hybridized carbons (Fsp3) is 0.364. The number of anilines is 1. The predicted octanol–water partition coefficient (Wildman–Crippen LogP) is 2.08. The third-order valence-electron chi connectivity index (χ3n) is 2.24. The molecule has 0 saturated carbocycles. The van der Waals surface area contributed by atoms with Crippen molar-refractivity contribution in [3.8, 4) is 5.75 Å². The monoisotopic (exact) mass is 286 g/mol. The fourth-order valence-corrected chi connectivity index (χ4v) is 1.49. The average molecular weight is 287 g/mol. The van der Waals surface area contributed by atoms with Gasteiger partial charge in [0, 0.05) is 4.47 Å². The molecule has 1 amide bonds. The summed E-state index contributed by atoms with van der Waals surface area (Å²) in [5.74, 6) is -0.231. The first kappa shape index (κ1) is 13.0. The van der Waals surface area contributed by atoms with Crippen molar-refractivity contribution in [2.24, 2.45) is 11.7 Å². The van der Waals surface area contributed by atoms with Gasteiger partial charge in [-0.1, -0.05) is 29.8 Å². The topological polar surface area (TPSA) is 75.4 Å². The summed E-state index contributed by atoms with van der Waals surface area (Å²) in [6, 6.07) is 4.23. The zero-order valence-electron chi connectivity index (χ0n) is 9.20. The van der Waals surface area contributed by atoms with Crippen molar-refractivity contribution in [3.05, 3.63) is 22.7 Å². The highest BCUT2D eigenvalue weighted by Gasteiger charge is 2.18. The van der Waals surface area contributed by atoms with Gasteiger partial charge in [0.25, 0.3) is 0 Å². The van der Waals surface area contributed by atoms with Gasteiger partial charge in [-0.25, -0.2) is 0 Å². The fourth-order valence-electron chi connectivity index (χ4n) is 1.13. The number of amides is 1. The lowest BCUT2D eigenvalue weighted by Crippen LogP contribution is -2.39. The van der Waals surface area contributed by atoms with Crippen molar-refractivity contribution < 1.29 is 9.90 Å². The van der Waals surface area contributed by atoms with Crippen molar-refractivity contribution in [3.63, 3.8) is 0 Å². The molecule has 0 heterocycles. The molecule has 4 N–H and O–H groups in total. The van der Waals surface area contributed by atoms with Gasteiger partial charge in [0.1, 0.15) is 5.75 Å². The summed E-state index contributed by atoms with van der Waals surface area (Å²) in [6.07, 6.45) is 0. The molecule has 0 aromatic heterocycles. The highest BCUT2D eigenvalue weighted by molar-refractivity contribution is 9.10. The van der Waals surface area contributed by atoms with Crippen molar-refractivity contribution >= 4 is 27.5 Å². The number of benzene rings is 1. The van der Waals surface area contributed by atoms with Gasteiger partial charge in [-0.15, -0.1) is 0 Å². The van der Waals surface area contributed by atoms with Crippen LogP contribution in [0.25, 0.3) is 0 Å². The van der Waals surface area contributed by atoms with Crippen LogP contribution in [0, 0.1) is 5.92 Å². The molecule has 0 aliphatic rings. The van der Waals surface area contributed by atoms with Crippen LogP contribution in [0.1, 0.15) is 13.8 Å². The number of phenols is 1. The first-order valence-electron chi connectivity index (χ1n) is 4.96. The van der Waals surface area contributed by atoms with Crippen molar-refractivity contribution in [2.75, 3.05) is 5.32 Å². The SMILES string of the molecule is CC(C)[C@H](N)C(=O)Nc1cc(Br)ccc1O. The second-order valence-corrected chi connectivity index (χ2v) is 4.84. The van der Waals surface area contributed by atoms with E-state index in [0.717, 1.165) is 4.47 Å². The molecular weight excluding hydrogens is 272 g/mol. The zero-order valence-corrected chi connectivity index (χ0v) is 10.8. The van der Waals surface area contributed by atoms with Crippen LogP contribution in [0.2, 0.25) is 0 Å². The number of hydrogen-bond acceptors (Lipinski definition) is 3. The molecule has 0 spiro atoms. The Bertz CT molecular complexity index is 394. The number of rotatable bonds is 3. The van der Waals surface area contributed by atoms with Crippen LogP contribution in [0.3, 0.4) is 0 Å². The van der Waals surface area contributed by atoms with E-state index < -0.39 is 6.04 Å². The summed E-state index contributed by atoms with van der Waals surface area (Å²) >= 11 is 3.26. The van der Waals surface area contributed by atoms with Gasteiger partial charge in [-0.05, 0) is 24.1 Å². The van der Waals surface area contributed by atoms with E-state index in [-0.39, 0.29) is 17.6 Å². The van der Waals surface area contributed by atoms with E-state index in [1.165, 1.54) is 6.07 Å². The number of nitrogens with two attached hydrogens (primary N) is 1. The minimum absolute atomic E-state index is 0.0208. The summed E-state index contributed by atoms with van der Waals surface area (Å²) in [6.45, 7) is 3.73. The minimum atomic E-state index is -0.585. The second kappa shape index (κ2) is 5.32. The molecule has 0 saturated heterocycles. The summed E-state index contributed by atoms with van der Waals surface area (Å²) in [5.41, 5.74) is 6.05. The third-order valence-corrected chi connectivity index (χ3v) is 2.73. The molecule has 88 valence electrons. The molecule has 1 atom stereocenters. The Labute approximate surface area is 103 Å². The molecule has 1 rings (SSSR count). The number of phenolic OH excluding ortho intramolecular Hbond substituents is 1. The van der Waals surface area contributed by atoms with Crippen molar-refractivity contribution in [1.82, 2.24) is 0 Å². The summed E-state index contributed by atoms with van der Waals surface area (Å²) < 4.78 is 0.777. The minimum Gasteiger partial charge on any atom is -0.506 e. The number of nitrogens with one attached hydrogen (secondary N) is 1. The molecule has 0 unspecified atom stereocenters. The lowest BCUT2D eigenvalue weighted by molar-refractivity contribution is -0.118. The summed E-state index contributed by atoms with van der Waals surface area (Å²) in [4.78, 5) is 11.7. The molecule has 16 heavy (non-hydrogen) atoms. The maximum absolute atomic E-state index is 11.7. The Balaban J connectivity index is 2.80. The van der Waals surface area contributed by atoms with Crippen LogP contribution in [0.15, 0.2) is 22.7 Å². The molecule has 0 bridgehead atoms. The third kappa shape index (κ3) is 3.21. The van der Waals surface area contributed by atoms with E-state index in [2.05, 4.69) is 21.2 Å². The zero-order chi connectivity index (χ0) is 12.3. The van der Waals surface area contributed by atoms with Crippen LogP contribution < -0.4 is 11.1 Å². The smallest absolute Gasteiger partial charge is 0.241 e.